The number of carbonyl (C=O) groups is 5. The molecule has 9 aromatic carbocycles. The number of aryl methyl sites for hydroxylation is 1. The highest BCUT2D eigenvalue weighted by atomic mass is 16.8. The number of ether oxygens (including phenoxy) is 15. The fourth-order valence-corrected chi connectivity index (χ4v) is 12.3. The highest BCUT2D eigenvalue weighted by molar-refractivity contribution is 5.92. The first kappa shape index (κ1) is 73.6. The van der Waals surface area contributed by atoms with Gasteiger partial charge in [0.25, 0.3) is 0 Å². The van der Waals surface area contributed by atoms with Crippen LogP contribution in [0.1, 0.15) is 79.6 Å². The molecule has 21 nitrogen and oxygen atoms in total. The van der Waals surface area contributed by atoms with Gasteiger partial charge < -0.3 is 76.2 Å². The molecule has 0 aliphatic carbocycles. The fourth-order valence-electron chi connectivity index (χ4n) is 12.3. The SMILES string of the molecule is CO[C@H]1O[C@H](CO[C@@H]2O[C@H](CO)[C@@H](OCc3ccccc3)[C@H](O[C@@H]3O[C@H](COCc4ccccc4)[C@@H](OCc4ccccc4)[C@H](OCc4ccccc4)[C@H]3OC(=O)c3ccc(C)cc3)[C@H]2OC(=O)c2ccccc2)[C@@H](OC(=O)c2ccccc2)[C@H](OC(=O)c2ccccc2)[C@H]1OC(=O)c1ccccc1. The normalized spacial score (nSPS) is 24.4. The second-order valence-corrected chi connectivity index (χ2v) is 24.9. The largest absolute Gasteiger partial charge is 0.452 e. The van der Waals surface area contributed by atoms with Crippen molar-refractivity contribution >= 4 is 29.8 Å². The Morgan fingerprint density at radius 2 is 0.625 bits per heavy atom. The molecule has 1 N–H and O–H groups in total. The van der Waals surface area contributed by atoms with Crippen LogP contribution in [0.3, 0.4) is 0 Å². The molecule has 15 atom stereocenters. The molecule has 3 fully saturated rings. The first-order valence-corrected chi connectivity index (χ1v) is 34.2. The van der Waals surface area contributed by atoms with Crippen molar-refractivity contribution in [1.82, 2.24) is 0 Å². The molecular weight excluding hydrogens is 1330 g/mol. The molecule has 12 rings (SSSR count). The summed E-state index contributed by atoms with van der Waals surface area (Å²) < 4.78 is 101. The minimum absolute atomic E-state index is 0.0309. The number of aliphatic hydroxyl groups is 1. The number of esters is 5. The summed E-state index contributed by atoms with van der Waals surface area (Å²) in [5, 5.41) is 11.8. The van der Waals surface area contributed by atoms with E-state index in [4.69, 9.17) is 71.1 Å². The predicted octanol–water partition coefficient (Wildman–Crippen LogP) is 11.6. The van der Waals surface area contributed by atoms with Crippen LogP contribution in [0.4, 0.5) is 0 Å². The van der Waals surface area contributed by atoms with Crippen LogP contribution in [0.25, 0.3) is 0 Å². The molecule has 0 spiro atoms. The maximum absolute atomic E-state index is 15.1. The zero-order chi connectivity index (χ0) is 72.0. The van der Waals surface area contributed by atoms with Crippen LogP contribution in [-0.2, 0) is 97.5 Å². The number of hydrogen-bond donors (Lipinski definition) is 1. The van der Waals surface area contributed by atoms with Crippen LogP contribution in [0.2, 0.25) is 0 Å². The molecule has 0 bridgehead atoms. The number of benzene rings is 9. The van der Waals surface area contributed by atoms with Gasteiger partial charge in [-0.25, -0.2) is 24.0 Å². The summed E-state index contributed by atoms with van der Waals surface area (Å²) in [5.41, 5.74) is 4.56. The number of aliphatic hydroxyl groups excluding tert-OH is 1. The Kier molecular flexibility index (Phi) is 26.1. The summed E-state index contributed by atoms with van der Waals surface area (Å²) in [7, 11) is 1.28. The molecule has 3 aliphatic heterocycles. The average molecular weight is 1410 g/mol. The van der Waals surface area contributed by atoms with Gasteiger partial charge in [-0.15, -0.1) is 0 Å². The summed E-state index contributed by atoms with van der Waals surface area (Å²) in [6, 6.07) is 76.5. The van der Waals surface area contributed by atoms with Crippen LogP contribution in [-0.4, -0.2) is 154 Å². The molecule has 104 heavy (non-hydrogen) atoms. The third-order valence-corrected chi connectivity index (χ3v) is 17.7. The third-order valence-electron chi connectivity index (χ3n) is 17.7. The van der Waals surface area contributed by atoms with Gasteiger partial charge in [0.1, 0.15) is 42.7 Å². The molecular formula is C83H80O21. The van der Waals surface area contributed by atoms with E-state index in [1.807, 2.05) is 128 Å². The number of carbonyl (C=O) groups excluding carboxylic acids is 5. The smallest absolute Gasteiger partial charge is 0.338 e. The molecule has 21 heteroatoms. The lowest BCUT2D eigenvalue weighted by molar-refractivity contribution is -0.372. The van der Waals surface area contributed by atoms with E-state index >= 15 is 9.59 Å². The Morgan fingerprint density at radius 1 is 0.308 bits per heavy atom. The van der Waals surface area contributed by atoms with Crippen molar-refractivity contribution in [1.29, 1.82) is 0 Å². The Hall–Kier alpha value is -10.1. The standard InChI is InChI=1S/C83H80O21/c1-54-43-45-63(46-44-54)80(89)101-73-70(94-51-58-33-17-6-18-34-58)68(93-50-57-31-15-5-16-32-57)65(52-91-48-55-27-11-3-12-28-55)98-83(73)104-71-67(92-49-56-29-13-4-14-30-56)64(47-84)96-82(75(71)103-79(88)62-41-25-10-26-42-62)95-53-66-69(99-76(85)59-35-19-7-20-36-59)72(100-77(86)60-37-21-8-22-38-60)74(81(90-2)97-66)102-78(87)61-39-23-9-24-40-61/h3-46,64-75,81-84H,47-53H2,1-2H3/t64-,65-,66-,67-,68-,69-,70+,71+,72+,73-,74-,75-,81+,82-,83+/m1/s1. The lowest BCUT2D eigenvalue weighted by Gasteiger charge is -2.50. The number of rotatable bonds is 30. The molecule has 9 aromatic rings. The minimum atomic E-state index is -1.82. The first-order chi connectivity index (χ1) is 51.0. The minimum Gasteiger partial charge on any atom is -0.452 e. The topological polar surface area (TPSA) is 244 Å². The van der Waals surface area contributed by atoms with Crippen molar-refractivity contribution in [3.63, 3.8) is 0 Å². The van der Waals surface area contributed by atoms with E-state index in [1.54, 1.807) is 97.1 Å². The lowest BCUT2D eigenvalue weighted by atomic mass is 9.95. The van der Waals surface area contributed by atoms with Gasteiger partial charge in [-0.2, -0.15) is 0 Å². The van der Waals surface area contributed by atoms with E-state index in [2.05, 4.69) is 0 Å². The molecule has 3 heterocycles. The van der Waals surface area contributed by atoms with E-state index in [-0.39, 0.29) is 60.9 Å². The molecule has 0 saturated carbocycles. The summed E-state index contributed by atoms with van der Waals surface area (Å²) in [6.45, 7) is 0.299. The first-order valence-electron chi connectivity index (χ1n) is 34.2. The summed E-state index contributed by atoms with van der Waals surface area (Å²) in [5.74, 6) is -4.36. The van der Waals surface area contributed by atoms with Gasteiger partial charge in [0.15, 0.2) is 49.4 Å². The highest BCUT2D eigenvalue weighted by Crippen LogP contribution is 2.39. The van der Waals surface area contributed by atoms with E-state index in [0.717, 1.165) is 22.3 Å². The van der Waals surface area contributed by atoms with Gasteiger partial charge in [0, 0.05) is 7.11 Å². The molecule has 0 amide bonds. The van der Waals surface area contributed by atoms with E-state index < -0.39 is 135 Å². The molecule has 0 aromatic heterocycles. The predicted molar refractivity (Wildman–Crippen MR) is 375 cm³/mol. The van der Waals surface area contributed by atoms with Crippen molar-refractivity contribution in [2.24, 2.45) is 0 Å². The summed E-state index contributed by atoms with van der Waals surface area (Å²) in [4.78, 5) is 73.3. The van der Waals surface area contributed by atoms with Crippen molar-refractivity contribution in [2.75, 3.05) is 26.9 Å². The number of hydrogen-bond acceptors (Lipinski definition) is 21. The van der Waals surface area contributed by atoms with Crippen molar-refractivity contribution < 1.29 is 100 Å². The van der Waals surface area contributed by atoms with Crippen LogP contribution in [0, 0.1) is 6.92 Å². The molecule has 3 aliphatic rings. The van der Waals surface area contributed by atoms with Crippen LogP contribution >= 0.6 is 0 Å². The average Bonchev–Trinajstić information content (AvgIpc) is 0.769. The van der Waals surface area contributed by atoms with Gasteiger partial charge in [-0.3, -0.25) is 0 Å². The van der Waals surface area contributed by atoms with E-state index in [1.165, 1.54) is 55.6 Å². The third kappa shape index (κ3) is 19.4. The maximum Gasteiger partial charge on any atom is 0.338 e. The Balaban J connectivity index is 0.971. The van der Waals surface area contributed by atoms with Crippen molar-refractivity contribution in [2.45, 2.75) is 125 Å². The highest BCUT2D eigenvalue weighted by Gasteiger charge is 2.58. The second kappa shape index (κ2) is 36.9. The van der Waals surface area contributed by atoms with Crippen LogP contribution < -0.4 is 0 Å². The van der Waals surface area contributed by atoms with Gasteiger partial charge >= 0.3 is 29.8 Å². The number of methoxy groups -OCH3 is 1. The Morgan fingerprint density at radius 3 is 1.04 bits per heavy atom. The van der Waals surface area contributed by atoms with Gasteiger partial charge in [0.2, 0.25) is 0 Å². The summed E-state index contributed by atoms with van der Waals surface area (Å²) in [6.07, 6.45) is -22.9. The Labute approximate surface area is 602 Å². The fraction of sp³-hybridized carbons (Fsp3) is 0.289. The zero-order valence-corrected chi connectivity index (χ0v) is 57.1. The van der Waals surface area contributed by atoms with E-state index in [0.29, 0.717) is 5.56 Å². The lowest BCUT2D eigenvalue weighted by Crippen LogP contribution is -2.67. The summed E-state index contributed by atoms with van der Waals surface area (Å²) >= 11 is 0. The van der Waals surface area contributed by atoms with Crippen LogP contribution in [0.15, 0.2) is 267 Å². The monoisotopic (exact) mass is 1410 g/mol. The molecule has 0 unspecified atom stereocenters. The van der Waals surface area contributed by atoms with Gasteiger partial charge in [-0.05, 0) is 89.8 Å². The van der Waals surface area contributed by atoms with Crippen molar-refractivity contribution in [3.8, 4) is 0 Å². The quantitative estimate of drug-likeness (QED) is 0.0325. The van der Waals surface area contributed by atoms with Crippen molar-refractivity contribution in [3.05, 3.63) is 323 Å². The molecule has 0 radical (unpaired) electrons. The maximum atomic E-state index is 15.1. The Bertz CT molecular complexity index is 4130. The zero-order valence-electron chi connectivity index (χ0n) is 57.1. The second-order valence-electron chi connectivity index (χ2n) is 24.9. The van der Waals surface area contributed by atoms with Crippen LogP contribution in [0.5, 0.6) is 0 Å². The van der Waals surface area contributed by atoms with Gasteiger partial charge in [-0.1, -0.05) is 212 Å². The molecule has 538 valence electrons. The molecule has 3 saturated heterocycles. The van der Waals surface area contributed by atoms with E-state index in [9.17, 15) is 19.5 Å². The van der Waals surface area contributed by atoms with Gasteiger partial charge in [0.05, 0.1) is 74.1 Å².